The molecule has 7 nitrogen and oxygen atoms in total. The fraction of sp³-hybridized carbons (Fsp3) is 0.160. The number of carbonyl (C=O) groups excluding carboxylic acids is 3. The number of nitrogens with zero attached hydrogens (tertiary/aromatic N) is 1. The van der Waals surface area contributed by atoms with Crippen molar-refractivity contribution in [2.45, 2.75) is 23.4 Å². The van der Waals surface area contributed by atoms with E-state index in [2.05, 4.69) is 5.32 Å². The van der Waals surface area contributed by atoms with Gasteiger partial charge in [-0.25, -0.2) is 0 Å². The Morgan fingerprint density at radius 3 is 2.38 bits per heavy atom. The maximum atomic E-state index is 14.2. The highest BCUT2D eigenvalue weighted by atomic mass is 16.3. The van der Waals surface area contributed by atoms with Gasteiger partial charge in [0.05, 0.1) is 5.69 Å². The number of aromatic hydroxyl groups is 2. The van der Waals surface area contributed by atoms with Crippen LogP contribution in [0.4, 0.5) is 11.4 Å². The second-order valence-electron chi connectivity index (χ2n) is 8.75. The van der Waals surface area contributed by atoms with Crippen molar-refractivity contribution in [2.24, 2.45) is 0 Å². The quantitative estimate of drug-likeness (QED) is 0.479. The summed E-state index contributed by atoms with van der Waals surface area (Å²) >= 11 is 0. The molecule has 3 aliphatic heterocycles. The van der Waals surface area contributed by atoms with Crippen LogP contribution in [0.1, 0.15) is 44.2 Å². The smallest absolute Gasteiger partial charge is 0.228 e. The summed E-state index contributed by atoms with van der Waals surface area (Å²) in [6.07, 6.45) is 0.0182. The van der Waals surface area contributed by atoms with Crippen LogP contribution in [-0.2, 0) is 10.3 Å². The van der Waals surface area contributed by atoms with Gasteiger partial charge in [-0.15, -0.1) is 0 Å². The number of hydrogen-bond acceptors (Lipinski definition) is 6. The highest BCUT2D eigenvalue weighted by Crippen LogP contribution is 2.69. The first kappa shape index (κ1) is 17.5. The molecule has 3 aromatic carbocycles. The number of amides is 1. The number of hydrogen-bond donors (Lipinski definition) is 3. The maximum Gasteiger partial charge on any atom is 0.228 e. The minimum Gasteiger partial charge on any atom is -0.504 e. The van der Waals surface area contributed by atoms with Crippen LogP contribution < -0.4 is 10.2 Å². The summed E-state index contributed by atoms with van der Waals surface area (Å²) in [6, 6.07) is 16.7. The number of phenols is 2. The minimum absolute atomic E-state index is 0.0182. The number of ketones is 2. The molecule has 0 saturated carbocycles. The third kappa shape index (κ3) is 1.51. The third-order valence-electron chi connectivity index (χ3n) is 7.57. The van der Waals surface area contributed by atoms with Gasteiger partial charge in [-0.1, -0.05) is 30.3 Å². The summed E-state index contributed by atoms with van der Waals surface area (Å²) in [5.74, 6) is -2.49. The second-order valence-corrected chi connectivity index (χ2v) is 8.75. The van der Waals surface area contributed by atoms with Gasteiger partial charge in [-0.05, 0) is 35.9 Å². The number of nitrogens with one attached hydrogen (secondary N) is 1. The minimum atomic E-state index is -1.76. The lowest BCUT2D eigenvalue weighted by Crippen LogP contribution is -2.66. The molecule has 0 aromatic heterocycles. The lowest BCUT2D eigenvalue weighted by Gasteiger charge is -2.43. The molecule has 0 bridgehead atoms. The number of Topliss-reactive ketones (excluding diaryl/α,β-unsaturated/α-hetero) is 2. The van der Waals surface area contributed by atoms with E-state index in [-0.39, 0.29) is 29.4 Å². The third-order valence-corrected chi connectivity index (χ3v) is 7.57. The van der Waals surface area contributed by atoms with Crippen molar-refractivity contribution in [2.75, 3.05) is 10.2 Å². The number of fused-ring (bicyclic) bond motifs is 6. The topological polar surface area (TPSA) is 107 Å². The summed E-state index contributed by atoms with van der Waals surface area (Å²) in [6.45, 7) is 0. The molecule has 3 heterocycles. The molecule has 1 saturated heterocycles. The Kier molecular flexibility index (Phi) is 2.84. The molecule has 4 aliphatic rings. The molecule has 7 rings (SSSR count). The molecule has 3 N–H and O–H groups in total. The van der Waals surface area contributed by atoms with E-state index in [0.717, 1.165) is 0 Å². The number of benzene rings is 3. The first-order chi connectivity index (χ1) is 15.4. The molecule has 3 atom stereocenters. The van der Waals surface area contributed by atoms with E-state index in [1.54, 1.807) is 54.6 Å². The molecule has 0 unspecified atom stereocenters. The van der Waals surface area contributed by atoms with Crippen molar-refractivity contribution in [1.29, 1.82) is 0 Å². The molecule has 1 amide bonds. The van der Waals surface area contributed by atoms with Crippen molar-refractivity contribution in [3.8, 4) is 11.5 Å². The average molecular weight is 424 g/mol. The average Bonchev–Trinajstić information content (AvgIpc) is 3.43. The zero-order chi connectivity index (χ0) is 22.0. The molecule has 1 fully saturated rings. The summed E-state index contributed by atoms with van der Waals surface area (Å²) < 4.78 is 0. The Hall–Kier alpha value is -4.13. The zero-order valence-electron chi connectivity index (χ0n) is 16.6. The van der Waals surface area contributed by atoms with E-state index in [4.69, 9.17) is 0 Å². The van der Waals surface area contributed by atoms with Crippen molar-refractivity contribution in [3.63, 3.8) is 0 Å². The summed E-state index contributed by atoms with van der Waals surface area (Å²) in [5.41, 5.74) is -0.963. The van der Waals surface area contributed by atoms with E-state index in [0.29, 0.717) is 28.1 Å². The van der Waals surface area contributed by atoms with E-state index in [1.165, 1.54) is 11.0 Å². The Balaban J connectivity index is 1.65. The molecule has 32 heavy (non-hydrogen) atoms. The van der Waals surface area contributed by atoms with Crippen molar-refractivity contribution in [1.82, 2.24) is 0 Å². The van der Waals surface area contributed by atoms with E-state index >= 15 is 0 Å². The number of anilines is 2. The largest absolute Gasteiger partial charge is 0.504 e. The zero-order valence-corrected chi connectivity index (χ0v) is 16.6. The summed E-state index contributed by atoms with van der Waals surface area (Å²) in [7, 11) is 0. The predicted molar refractivity (Wildman–Crippen MR) is 114 cm³/mol. The van der Waals surface area contributed by atoms with Crippen LogP contribution in [0.25, 0.3) is 0 Å². The van der Waals surface area contributed by atoms with Crippen LogP contribution in [0.5, 0.6) is 11.5 Å². The molecular weight excluding hydrogens is 408 g/mol. The number of rotatable bonds is 0. The normalized spacial score (nSPS) is 28.4. The van der Waals surface area contributed by atoms with Gasteiger partial charge in [0.1, 0.15) is 0 Å². The Morgan fingerprint density at radius 1 is 0.875 bits per heavy atom. The SMILES string of the molecule is O=C1C[C@H]2c3ccc(O)c(O)c3[C@]3(Nc4ccccc4C3=O)[C@]23C(=O)c2ccccc2N13. The number of carbonyl (C=O) groups is 3. The lowest BCUT2D eigenvalue weighted by atomic mass is 9.68. The van der Waals surface area contributed by atoms with Crippen LogP contribution in [0.3, 0.4) is 0 Å². The van der Waals surface area contributed by atoms with Gasteiger partial charge in [0, 0.05) is 34.7 Å². The Morgan fingerprint density at radius 2 is 1.59 bits per heavy atom. The monoisotopic (exact) mass is 424 g/mol. The van der Waals surface area contributed by atoms with Gasteiger partial charge < -0.3 is 15.5 Å². The van der Waals surface area contributed by atoms with Gasteiger partial charge >= 0.3 is 0 Å². The second kappa shape index (κ2) is 5.19. The molecule has 1 aliphatic carbocycles. The standard InChI is InChI=1S/C25H16N2O5/c28-18-10-9-12-15-11-19(29)27-17-8-4-2-6-14(17)23(32)25(15,27)24(20(12)21(18)30)22(31)13-5-1-3-7-16(13)26-24/h1-10,15,26,28,30H,11H2/t15-,24+,25+/m0/s1. The highest BCUT2D eigenvalue weighted by molar-refractivity contribution is 6.31. The van der Waals surface area contributed by atoms with Gasteiger partial charge in [-0.3, -0.25) is 19.3 Å². The van der Waals surface area contributed by atoms with Crippen molar-refractivity contribution in [3.05, 3.63) is 82.9 Å². The molecular formula is C25H16N2O5. The molecule has 0 radical (unpaired) electrons. The van der Waals surface area contributed by atoms with Crippen LogP contribution in [0.15, 0.2) is 60.7 Å². The van der Waals surface area contributed by atoms with Crippen molar-refractivity contribution >= 4 is 28.8 Å². The van der Waals surface area contributed by atoms with Gasteiger partial charge in [0.2, 0.25) is 5.91 Å². The molecule has 7 heteroatoms. The van der Waals surface area contributed by atoms with Gasteiger partial charge in [-0.2, -0.15) is 0 Å². The van der Waals surface area contributed by atoms with E-state index in [1.807, 2.05) is 0 Å². The lowest BCUT2D eigenvalue weighted by molar-refractivity contribution is -0.117. The molecule has 3 aromatic rings. The fourth-order valence-electron chi connectivity index (χ4n) is 6.52. The number of para-hydroxylation sites is 2. The summed E-state index contributed by atoms with van der Waals surface area (Å²) in [4.78, 5) is 43.2. The first-order valence-electron chi connectivity index (χ1n) is 10.4. The van der Waals surface area contributed by atoms with Crippen molar-refractivity contribution < 1.29 is 24.6 Å². The van der Waals surface area contributed by atoms with E-state index in [9.17, 15) is 24.6 Å². The van der Waals surface area contributed by atoms with E-state index < -0.39 is 28.5 Å². The van der Waals surface area contributed by atoms with Crippen LogP contribution >= 0.6 is 0 Å². The van der Waals surface area contributed by atoms with Gasteiger partial charge in [0.15, 0.2) is 34.1 Å². The van der Waals surface area contributed by atoms with Gasteiger partial charge in [0.25, 0.3) is 0 Å². The highest BCUT2D eigenvalue weighted by Gasteiger charge is 2.81. The van der Waals surface area contributed by atoms with Crippen LogP contribution in [0, 0.1) is 0 Å². The Labute approximate surface area is 181 Å². The van der Waals surface area contributed by atoms with Crippen LogP contribution in [-0.4, -0.2) is 33.2 Å². The first-order valence-corrected chi connectivity index (χ1v) is 10.4. The summed E-state index contributed by atoms with van der Waals surface area (Å²) in [5, 5.41) is 24.7. The Bertz CT molecular complexity index is 1450. The maximum absolute atomic E-state index is 14.2. The fourth-order valence-corrected chi connectivity index (χ4v) is 6.52. The molecule has 156 valence electrons. The number of phenolic OH excluding ortho intramolecular Hbond substituents is 2. The predicted octanol–water partition coefficient (Wildman–Crippen LogP) is 3.07. The van der Waals surface area contributed by atoms with Crippen LogP contribution in [0.2, 0.25) is 0 Å². The molecule has 2 spiro atoms.